The smallest absolute Gasteiger partial charge is 0.246 e. The Balaban J connectivity index is 1.49. The number of pyridine rings is 1. The molecule has 216 valence electrons. The Morgan fingerprint density at radius 1 is 1.24 bits per heavy atom. The Labute approximate surface area is 248 Å². The summed E-state index contributed by atoms with van der Waals surface area (Å²) in [6, 6.07) is 12.8. The van der Waals surface area contributed by atoms with Crippen molar-refractivity contribution in [1.82, 2.24) is 29.8 Å². The Kier molecular flexibility index (Phi) is 7.80. The molecule has 0 N–H and O–H groups in total. The molecule has 11 heteroatoms. The Morgan fingerprint density at radius 2 is 2.05 bits per heavy atom. The molecule has 4 heterocycles. The molecule has 0 spiro atoms. The summed E-state index contributed by atoms with van der Waals surface area (Å²) in [6.45, 7) is 5.42. The second kappa shape index (κ2) is 11.7. The molecule has 0 aliphatic carbocycles. The van der Waals surface area contributed by atoms with Gasteiger partial charge in [0.2, 0.25) is 11.8 Å². The van der Waals surface area contributed by atoms with Gasteiger partial charge in [0, 0.05) is 29.6 Å². The first-order valence-corrected chi connectivity index (χ1v) is 14.5. The molecule has 0 bridgehead atoms. The van der Waals surface area contributed by atoms with Gasteiger partial charge in [-0.1, -0.05) is 53.7 Å². The molecule has 9 nitrogen and oxygen atoms in total. The molecule has 2 fully saturated rings. The van der Waals surface area contributed by atoms with Crippen molar-refractivity contribution in [2.75, 3.05) is 26.7 Å². The van der Waals surface area contributed by atoms with Gasteiger partial charge in [-0.15, -0.1) is 5.10 Å². The lowest BCUT2D eigenvalue weighted by Gasteiger charge is -2.38. The summed E-state index contributed by atoms with van der Waals surface area (Å²) in [4.78, 5) is 21.1. The van der Waals surface area contributed by atoms with E-state index in [0.717, 1.165) is 19.4 Å². The molecule has 2 aliphatic rings. The van der Waals surface area contributed by atoms with Crippen LogP contribution in [0.4, 0.5) is 4.39 Å². The predicted molar refractivity (Wildman–Crippen MR) is 159 cm³/mol. The first-order chi connectivity index (χ1) is 20.4. The number of halogens is 2. The number of fused-ring (bicyclic) bond motifs is 3. The number of benzene rings is 2. The number of amides is 1. The van der Waals surface area contributed by atoms with Crippen LogP contribution in [0.25, 0.3) is 33.1 Å². The lowest BCUT2D eigenvalue weighted by atomic mass is 9.94. The Morgan fingerprint density at radius 3 is 2.76 bits per heavy atom. The number of hydrogen-bond acceptors (Lipinski definition) is 7. The maximum atomic E-state index is 16.4. The SMILES string of the molecule is C=CC(=O)N1CC[C@H](n2nnc3c(OC[C@@H]4CCCN4C)nc4c(F)c(-c5ccccc5)c(Cl)cc4c32)C[C@H]1CC#N. The fraction of sp³-hybridized carbons (Fsp3) is 0.387. The third-order valence-electron chi connectivity index (χ3n) is 8.52. The minimum atomic E-state index is -0.546. The summed E-state index contributed by atoms with van der Waals surface area (Å²) in [6.07, 6.45) is 4.60. The largest absolute Gasteiger partial charge is 0.474 e. The molecule has 0 radical (unpaired) electrons. The number of hydrogen-bond donors (Lipinski definition) is 0. The van der Waals surface area contributed by atoms with Crippen LogP contribution >= 0.6 is 11.6 Å². The molecular formula is C31H31ClFN7O2. The minimum Gasteiger partial charge on any atom is -0.474 e. The molecule has 6 rings (SSSR count). The number of carbonyl (C=O) groups is 1. The van der Waals surface area contributed by atoms with Gasteiger partial charge in [0.25, 0.3) is 0 Å². The van der Waals surface area contributed by atoms with Gasteiger partial charge in [0.05, 0.1) is 23.6 Å². The zero-order valence-corrected chi connectivity index (χ0v) is 24.1. The molecule has 2 aromatic carbocycles. The van der Waals surface area contributed by atoms with Crippen LogP contribution in [0.5, 0.6) is 5.88 Å². The van der Waals surface area contributed by atoms with Gasteiger partial charge in [0.1, 0.15) is 17.6 Å². The Bertz CT molecular complexity index is 1700. The van der Waals surface area contributed by atoms with Gasteiger partial charge < -0.3 is 14.5 Å². The van der Waals surface area contributed by atoms with Gasteiger partial charge >= 0.3 is 0 Å². The second-order valence-corrected chi connectivity index (χ2v) is 11.4. The number of nitrogens with zero attached hydrogens (tertiary/aromatic N) is 7. The van der Waals surface area contributed by atoms with Crippen molar-refractivity contribution < 1.29 is 13.9 Å². The maximum Gasteiger partial charge on any atom is 0.246 e. The van der Waals surface area contributed by atoms with Crippen LogP contribution < -0.4 is 4.74 Å². The van der Waals surface area contributed by atoms with E-state index in [1.807, 2.05) is 30.3 Å². The minimum absolute atomic E-state index is 0.122. The highest BCUT2D eigenvalue weighted by molar-refractivity contribution is 6.34. The average molecular weight is 588 g/mol. The van der Waals surface area contributed by atoms with Crippen LogP contribution in [0.1, 0.15) is 38.1 Å². The predicted octanol–water partition coefficient (Wildman–Crippen LogP) is 5.54. The van der Waals surface area contributed by atoms with Gasteiger partial charge in [0.15, 0.2) is 11.3 Å². The number of rotatable bonds is 7. The number of piperidine rings is 1. The van der Waals surface area contributed by atoms with Crippen molar-refractivity contribution in [3.8, 4) is 23.1 Å². The lowest BCUT2D eigenvalue weighted by molar-refractivity contribution is -0.130. The number of aromatic nitrogens is 4. The average Bonchev–Trinajstić information content (AvgIpc) is 3.63. The molecule has 0 saturated carbocycles. The molecule has 0 unspecified atom stereocenters. The van der Waals surface area contributed by atoms with Crippen LogP contribution in [-0.2, 0) is 4.79 Å². The Hall–Kier alpha value is -4.07. The van der Waals surface area contributed by atoms with Crippen molar-refractivity contribution in [3.05, 3.63) is 59.9 Å². The number of likely N-dealkylation sites (tertiary alicyclic amines) is 2. The molecular weight excluding hydrogens is 557 g/mol. The van der Waals surface area contributed by atoms with E-state index in [1.54, 1.807) is 15.6 Å². The molecule has 2 aromatic heterocycles. The topological polar surface area (TPSA) is 100 Å². The fourth-order valence-electron chi connectivity index (χ4n) is 6.29. The molecule has 3 atom stereocenters. The number of nitriles is 1. The fourth-order valence-corrected chi connectivity index (χ4v) is 6.59. The van der Waals surface area contributed by atoms with Crippen LogP contribution in [-0.4, -0.2) is 74.5 Å². The zero-order chi connectivity index (χ0) is 29.4. The quantitative estimate of drug-likeness (QED) is 0.262. The zero-order valence-electron chi connectivity index (χ0n) is 23.3. The van der Waals surface area contributed by atoms with Crippen LogP contribution in [0, 0.1) is 17.1 Å². The van der Waals surface area contributed by atoms with Gasteiger partial charge in [-0.05, 0) is 57.0 Å². The maximum absolute atomic E-state index is 16.4. The summed E-state index contributed by atoms with van der Waals surface area (Å²) in [5, 5.41) is 19.2. The summed E-state index contributed by atoms with van der Waals surface area (Å²) in [7, 11) is 2.07. The summed E-state index contributed by atoms with van der Waals surface area (Å²) < 4.78 is 24.4. The normalized spacial score (nSPS) is 21.1. The van der Waals surface area contributed by atoms with E-state index in [4.69, 9.17) is 16.3 Å². The van der Waals surface area contributed by atoms with Gasteiger partial charge in [-0.3, -0.25) is 4.79 Å². The van der Waals surface area contributed by atoms with Crippen molar-refractivity contribution in [2.24, 2.45) is 0 Å². The third-order valence-corrected chi connectivity index (χ3v) is 8.82. The first kappa shape index (κ1) is 28.1. The summed E-state index contributed by atoms with van der Waals surface area (Å²) >= 11 is 6.74. The first-order valence-electron chi connectivity index (χ1n) is 14.2. The van der Waals surface area contributed by atoms with Crippen LogP contribution in [0.2, 0.25) is 5.02 Å². The molecule has 42 heavy (non-hydrogen) atoms. The van der Waals surface area contributed by atoms with E-state index in [1.165, 1.54) is 6.08 Å². The van der Waals surface area contributed by atoms with Crippen molar-refractivity contribution in [2.45, 2.75) is 50.2 Å². The standard InChI is InChI=1S/C31H31ClFN7O2/c1-3-25(41)39-15-12-21(16-20(39)11-13-34)40-30-23-17-24(32)26(19-8-5-4-6-9-19)27(33)28(23)35-31(29(30)36-37-40)42-18-22-10-7-14-38(22)2/h3-6,8-9,17,20-22H,1,7,10-12,14-16,18H2,2H3/t20-,21+,22+/m1/s1. The lowest BCUT2D eigenvalue weighted by Crippen LogP contribution is -2.45. The van der Waals surface area contributed by atoms with Crippen LogP contribution in [0.3, 0.4) is 0 Å². The highest BCUT2D eigenvalue weighted by Crippen LogP contribution is 2.41. The third kappa shape index (κ3) is 4.97. The van der Waals surface area contributed by atoms with Crippen molar-refractivity contribution >= 4 is 39.4 Å². The van der Waals surface area contributed by atoms with Crippen molar-refractivity contribution in [3.63, 3.8) is 0 Å². The molecule has 2 saturated heterocycles. The number of likely N-dealkylation sites (N-methyl/N-ethyl adjacent to an activating group) is 1. The summed E-state index contributed by atoms with van der Waals surface area (Å²) in [5.74, 6) is -0.534. The highest BCUT2D eigenvalue weighted by Gasteiger charge is 2.34. The van der Waals surface area contributed by atoms with E-state index in [0.29, 0.717) is 48.0 Å². The van der Waals surface area contributed by atoms with Gasteiger partial charge in [-0.25, -0.2) is 14.1 Å². The van der Waals surface area contributed by atoms with Crippen molar-refractivity contribution in [1.29, 1.82) is 5.26 Å². The highest BCUT2D eigenvalue weighted by atomic mass is 35.5. The van der Waals surface area contributed by atoms with E-state index in [9.17, 15) is 10.1 Å². The number of carbonyl (C=O) groups excluding carboxylic acids is 1. The summed E-state index contributed by atoms with van der Waals surface area (Å²) in [5.41, 5.74) is 2.02. The monoisotopic (exact) mass is 587 g/mol. The van der Waals surface area contributed by atoms with Crippen LogP contribution in [0.15, 0.2) is 49.1 Å². The van der Waals surface area contributed by atoms with E-state index in [-0.39, 0.29) is 52.4 Å². The van der Waals surface area contributed by atoms with E-state index in [2.05, 4.69) is 39.9 Å². The molecule has 4 aromatic rings. The van der Waals surface area contributed by atoms with E-state index < -0.39 is 5.82 Å². The second-order valence-electron chi connectivity index (χ2n) is 11.0. The molecule has 2 aliphatic heterocycles. The molecule has 1 amide bonds. The van der Waals surface area contributed by atoms with Gasteiger partial charge in [-0.2, -0.15) is 5.26 Å². The van der Waals surface area contributed by atoms with E-state index >= 15 is 4.39 Å². The number of ether oxygens (including phenoxy) is 1.